The largest absolute Gasteiger partial charge is 0.324 e. The highest BCUT2D eigenvalue weighted by molar-refractivity contribution is 9.10. The van der Waals surface area contributed by atoms with Gasteiger partial charge in [0.2, 0.25) is 5.91 Å². The minimum Gasteiger partial charge on any atom is -0.324 e. The van der Waals surface area contributed by atoms with Crippen molar-refractivity contribution in [3.8, 4) is 11.1 Å². The minimum atomic E-state index is -0.711. The van der Waals surface area contributed by atoms with Crippen LogP contribution in [-0.4, -0.2) is 15.5 Å². The van der Waals surface area contributed by atoms with Gasteiger partial charge < -0.3 is 5.32 Å². The molecule has 1 atom stereocenters. The molecule has 0 bridgehead atoms. The second kappa shape index (κ2) is 9.23. The highest BCUT2D eigenvalue weighted by Crippen LogP contribution is 2.37. The fraction of sp³-hybridized carbons (Fsp3) is 0.269. The van der Waals surface area contributed by atoms with Crippen molar-refractivity contribution in [2.24, 2.45) is 0 Å². The van der Waals surface area contributed by atoms with Crippen LogP contribution in [0.25, 0.3) is 21.3 Å². The van der Waals surface area contributed by atoms with E-state index in [9.17, 15) is 9.59 Å². The molecule has 0 aliphatic heterocycles. The van der Waals surface area contributed by atoms with Crippen LogP contribution >= 0.6 is 27.3 Å². The number of thiophene rings is 1. The zero-order chi connectivity index (χ0) is 23.9. The van der Waals surface area contributed by atoms with Crippen molar-refractivity contribution in [3.63, 3.8) is 0 Å². The summed E-state index contributed by atoms with van der Waals surface area (Å²) in [6.45, 7) is 9.79. The Bertz CT molecular complexity index is 1400. The maximum atomic E-state index is 13.6. The van der Waals surface area contributed by atoms with Crippen molar-refractivity contribution in [1.29, 1.82) is 0 Å². The number of benzene rings is 2. The Labute approximate surface area is 205 Å². The van der Waals surface area contributed by atoms with Gasteiger partial charge >= 0.3 is 0 Å². The molecular formula is C26H26BrN3O2S. The van der Waals surface area contributed by atoms with E-state index in [1.807, 2.05) is 57.2 Å². The average molecular weight is 524 g/mol. The smallest absolute Gasteiger partial charge is 0.263 e. The Morgan fingerprint density at radius 3 is 2.39 bits per heavy atom. The molecule has 0 aliphatic carbocycles. The normalized spacial score (nSPS) is 12.2. The first kappa shape index (κ1) is 23.4. The molecule has 4 aromatic rings. The quantitative estimate of drug-likeness (QED) is 0.321. The van der Waals surface area contributed by atoms with E-state index in [4.69, 9.17) is 0 Å². The maximum Gasteiger partial charge on any atom is 0.263 e. The van der Waals surface area contributed by atoms with E-state index < -0.39 is 6.04 Å². The summed E-state index contributed by atoms with van der Waals surface area (Å²) in [5.41, 5.74) is 5.61. The Balaban J connectivity index is 1.78. The average Bonchev–Trinajstić information content (AvgIpc) is 3.16. The van der Waals surface area contributed by atoms with Crippen LogP contribution in [0.3, 0.4) is 0 Å². The number of halogens is 1. The lowest BCUT2D eigenvalue weighted by atomic mass is 10.0. The lowest BCUT2D eigenvalue weighted by molar-refractivity contribution is -0.118. The van der Waals surface area contributed by atoms with Crippen LogP contribution in [0.15, 0.2) is 52.0 Å². The molecule has 170 valence electrons. The van der Waals surface area contributed by atoms with E-state index in [-0.39, 0.29) is 11.5 Å². The van der Waals surface area contributed by atoms with E-state index in [1.165, 1.54) is 22.2 Å². The van der Waals surface area contributed by atoms with Crippen LogP contribution in [0.5, 0.6) is 0 Å². The van der Waals surface area contributed by atoms with Gasteiger partial charge in [-0.25, -0.2) is 4.98 Å². The predicted octanol–water partition coefficient (Wildman–Crippen LogP) is 6.57. The zero-order valence-corrected chi connectivity index (χ0v) is 21.7. The molecule has 7 heteroatoms. The number of nitrogens with zero attached hydrogens (tertiary/aromatic N) is 2. The summed E-state index contributed by atoms with van der Waals surface area (Å²) in [5, 5.41) is 3.59. The van der Waals surface area contributed by atoms with E-state index in [1.54, 1.807) is 6.92 Å². The lowest BCUT2D eigenvalue weighted by Crippen LogP contribution is -2.32. The van der Waals surface area contributed by atoms with E-state index >= 15 is 0 Å². The summed E-state index contributed by atoms with van der Waals surface area (Å²) in [6.07, 6.45) is 2.29. The van der Waals surface area contributed by atoms with Crippen molar-refractivity contribution in [2.75, 3.05) is 5.32 Å². The van der Waals surface area contributed by atoms with Gasteiger partial charge in [0.15, 0.2) is 0 Å². The summed E-state index contributed by atoms with van der Waals surface area (Å²) in [7, 11) is 0. The van der Waals surface area contributed by atoms with Crippen molar-refractivity contribution in [1.82, 2.24) is 9.55 Å². The monoisotopic (exact) mass is 523 g/mol. The lowest BCUT2D eigenvalue weighted by Gasteiger charge is -2.18. The number of aryl methyl sites for hydroxylation is 4. The van der Waals surface area contributed by atoms with Gasteiger partial charge in [-0.2, -0.15) is 0 Å². The molecule has 0 fully saturated rings. The molecule has 0 saturated heterocycles. The predicted molar refractivity (Wildman–Crippen MR) is 140 cm³/mol. The van der Waals surface area contributed by atoms with Gasteiger partial charge in [-0.15, -0.1) is 11.3 Å². The SMILES string of the molecule is CCc1sc2ncn(C(C)C(=O)Nc3c(C)cc(C)cc3C)c(=O)c2c1-c1ccc(Br)cc1. The number of hydrogen-bond acceptors (Lipinski definition) is 4. The van der Waals surface area contributed by atoms with E-state index in [0.717, 1.165) is 49.3 Å². The van der Waals surface area contributed by atoms with Crippen molar-refractivity contribution >= 4 is 49.1 Å². The van der Waals surface area contributed by atoms with Crippen LogP contribution < -0.4 is 10.9 Å². The minimum absolute atomic E-state index is 0.200. The first-order valence-corrected chi connectivity index (χ1v) is 12.5. The number of fused-ring (bicyclic) bond motifs is 1. The molecule has 0 spiro atoms. The summed E-state index contributed by atoms with van der Waals surface area (Å²) in [4.78, 5) is 33.1. The zero-order valence-electron chi connectivity index (χ0n) is 19.3. The van der Waals surface area contributed by atoms with Crippen molar-refractivity contribution < 1.29 is 4.79 Å². The Morgan fingerprint density at radius 1 is 1.15 bits per heavy atom. The molecule has 5 nitrogen and oxygen atoms in total. The number of nitrogens with one attached hydrogen (secondary N) is 1. The molecule has 33 heavy (non-hydrogen) atoms. The highest BCUT2D eigenvalue weighted by Gasteiger charge is 2.23. The standard InChI is InChI=1S/C26H26BrN3O2S/c1-6-20-21(18-7-9-19(27)10-8-18)22-25(33-20)28-13-30(26(22)32)17(5)24(31)29-23-15(3)11-14(2)12-16(23)4/h7-13,17H,6H2,1-5H3,(H,29,31). The fourth-order valence-electron chi connectivity index (χ4n) is 4.23. The number of hydrogen-bond donors (Lipinski definition) is 1. The Morgan fingerprint density at radius 2 is 1.79 bits per heavy atom. The first-order valence-electron chi connectivity index (χ1n) is 10.9. The summed E-state index contributed by atoms with van der Waals surface area (Å²) >= 11 is 5.01. The summed E-state index contributed by atoms with van der Waals surface area (Å²) < 4.78 is 2.41. The highest BCUT2D eigenvalue weighted by atomic mass is 79.9. The molecular weight excluding hydrogens is 498 g/mol. The summed E-state index contributed by atoms with van der Waals surface area (Å²) in [5.74, 6) is -0.246. The van der Waals surface area contributed by atoms with Crippen LogP contribution in [0, 0.1) is 20.8 Å². The van der Waals surface area contributed by atoms with Crippen molar-refractivity contribution in [3.05, 3.63) is 79.1 Å². The van der Waals surface area contributed by atoms with Crippen LogP contribution in [-0.2, 0) is 11.2 Å². The molecule has 1 amide bonds. The van der Waals surface area contributed by atoms with Gasteiger partial charge in [-0.05, 0) is 62.9 Å². The molecule has 2 aromatic heterocycles. The third-order valence-electron chi connectivity index (χ3n) is 5.89. The number of aromatic nitrogens is 2. The molecule has 2 heterocycles. The number of rotatable bonds is 5. The van der Waals surface area contributed by atoms with Crippen molar-refractivity contribution in [2.45, 2.75) is 47.1 Å². The molecule has 0 aliphatic rings. The second-order valence-corrected chi connectivity index (χ2v) is 10.3. The molecule has 1 N–H and O–H groups in total. The third-order valence-corrected chi connectivity index (χ3v) is 7.66. The number of carbonyl (C=O) groups excluding carboxylic acids is 1. The van der Waals surface area contributed by atoms with Gasteiger partial charge in [0.1, 0.15) is 10.9 Å². The van der Waals surface area contributed by atoms with Crippen LogP contribution in [0.1, 0.15) is 41.5 Å². The van der Waals surface area contributed by atoms with Gasteiger partial charge in [0.25, 0.3) is 5.56 Å². The Kier molecular flexibility index (Phi) is 6.54. The topological polar surface area (TPSA) is 64.0 Å². The number of amides is 1. The second-order valence-electron chi connectivity index (χ2n) is 8.34. The van der Waals surface area contributed by atoms with E-state index in [0.29, 0.717) is 10.2 Å². The van der Waals surface area contributed by atoms with Gasteiger partial charge in [0, 0.05) is 20.6 Å². The molecule has 4 rings (SSSR count). The van der Waals surface area contributed by atoms with Gasteiger partial charge in [-0.1, -0.05) is 52.7 Å². The van der Waals surface area contributed by atoms with Crippen LogP contribution in [0.4, 0.5) is 5.69 Å². The van der Waals surface area contributed by atoms with Gasteiger partial charge in [0.05, 0.1) is 11.7 Å². The first-order chi connectivity index (χ1) is 15.7. The van der Waals surface area contributed by atoms with Crippen LogP contribution in [0.2, 0.25) is 0 Å². The van der Waals surface area contributed by atoms with E-state index in [2.05, 4.69) is 33.2 Å². The number of anilines is 1. The Hall–Kier alpha value is -2.77. The molecule has 2 aromatic carbocycles. The third kappa shape index (κ3) is 4.39. The molecule has 0 saturated carbocycles. The fourth-order valence-corrected chi connectivity index (χ4v) is 5.58. The van der Waals surface area contributed by atoms with Gasteiger partial charge in [-0.3, -0.25) is 14.2 Å². The molecule has 0 radical (unpaired) electrons. The maximum absolute atomic E-state index is 13.6. The molecule has 1 unspecified atom stereocenters. The number of carbonyl (C=O) groups is 1. The summed E-state index contributed by atoms with van der Waals surface area (Å²) in [6, 6.07) is 11.3.